The zero-order chi connectivity index (χ0) is 9.68. The minimum absolute atomic E-state index is 0.535. The van der Waals surface area contributed by atoms with Gasteiger partial charge in [-0.1, -0.05) is 12.8 Å². The molecule has 0 saturated heterocycles. The third-order valence-electron chi connectivity index (χ3n) is 2.36. The number of thioether (sulfide) groups is 1. The lowest BCUT2D eigenvalue weighted by atomic mass is 10.1. The summed E-state index contributed by atoms with van der Waals surface area (Å²) in [5.74, 6) is 1.52. The summed E-state index contributed by atoms with van der Waals surface area (Å²) in [5.41, 5.74) is 0. The lowest BCUT2D eigenvalue weighted by molar-refractivity contribution is -0.136. The highest BCUT2D eigenvalue weighted by Gasteiger charge is 2.17. The van der Waals surface area contributed by atoms with Crippen LogP contribution in [0.4, 0.5) is 0 Å². The molecular formula is C9H15ClO2S. The molecule has 1 saturated carbocycles. The predicted molar refractivity (Wildman–Crippen MR) is 56.6 cm³/mol. The Balaban J connectivity index is 2.02. The number of aliphatic carboxylic acids is 1. The molecule has 1 aliphatic rings. The molecule has 0 spiro atoms. The van der Waals surface area contributed by atoms with Gasteiger partial charge < -0.3 is 5.11 Å². The van der Waals surface area contributed by atoms with Gasteiger partial charge in [-0.15, -0.1) is 11.6 Å². The number of carbonyl (C=O) groups is 1. The highest BCUT2D eigenvalue weighted by molar-refractivity contribution is 7.99. The zero-order valence-electron chi connectivity index (χ0n) is 7.54. The monoisotopic (exact) mass is 222 g/mol. The van der Waals surface area contributed by atoms with Crippen LogP contribution in [0, 0.1) is 5.92 Å². The third-order valence-corrected chi connectivity index (χ3v) is 4.16. The van der Waals surface area contributed by atoms with E-state index in [0.717, 1.165) is 11.7 Å². The van der Waals surface area contributed by atoms with Gasteiger partial charge in [0.25, 0.3) is 0 Å². The summed E-state index contributed by atoms with van der Waals surface area (Å²) in [5, 5.41) is 7.81. The Bertz CT molecular complexity index is 169. The first kappa shape index (κ1) is 11.2. The molecule has 1 aliphatic carbocycles. The number of hydrogen-bond donors (Lipinski definition) is 1. The Hall–Kier alpha value is 0.110. The van der Waals surface area contributed by atoms with E-state index in [2.05, 4.69) is 0 Å². The van der Waals surface area contributed by atoms with E-state index in [0.29, 0.717) is 5.75 Å². The van der Waals surface area contributed by atoms with Gasteiger partial charge in [0.1, 0.15) is 5.38 Å². The third kappa shape index (κ3) is 4.23. The van der Waals surface area contributed by atoms with Crippen LogP contribution in [0.15, 0.2) is 0 Å². The van der Waals surface area contributed by atoms with E-state index < -0.39 is 11.3 Å². The lowest BCUT2D eigenvalue weighted by Gasteiger charge is -2.08. The molecule has 1 unspecified atom stereocenters. The number of rotatable bonds is 5. The van der Waals surface area contributed by atoms with Gasteiger partial charge >= 0.3 is 5.97 Å². The summed E-state index contributed by atoms with van der Waals surface area (Å²) in [6, 6.07) is 0. The molecule has 1 rings (SSSR count). The molecule has 76 valence electrons. The van der Waals surface area contributed by atoms with E-state index in [9.17, 15) is 4.79 Å². The van der Waals surface area contributed by atoms with Crippen molar-refractivity contribution in [2.45, 2.75) is 31.1 Å². The van der Waals surface area contributed by atoms with Gasteiger partial charge in [-0.2, -0.15) is 11.8 Å². The maximum absolute atomic E-state index is 10.4. The van der Waals surface area contributed by atoms with E-state index in [-0.39, 0.29) is 0 Å². The van der Waals surface area contributed by atoms with Crippen molar-refractivity contribution in [3.8, 4) is 0 Å². The molecule has 1 atom stereocenters. The molecule has 0 aromatic heterocycles. The summed E-state index contributed by atoms with van der Waals surface area (Å²) >= 11 is 7.25. The second-order valence-corrected chi connectivity index (χ2v) is 5.10. The Morgan fingerprint density at radius 2 is 2.15 bits per heavy atom. The Morgan fingerprint density at radius 1 is 1.54 bits per heavy atom. The van der Waals surface area contributed by atoms with Crippen molar-refractivity contribution in [2.75, 3.05) is 11.5 Å². The molecule has 0 heterocycles. The number of hydrogen-bond acceptors (Lipinski definition) is 2. The van der Waals surface area contributed by atoms with Crippen LogP contribution < -0.4 is 0 Å². The molecule has 0 aromatic rings. The van der Waals surface area contributed by atoms with Crippen molar-refractivity contribution in [1.82, 2.24) is 0 Å². The van der Waals surface area contributed by atoms with Crippen molar-refractivity contribution in [1.29, 1.82) is 0 Å². The molecule has 0 amide bonds. The Labute approximate surface area is 88.0 Å². The summed E-state index contributed by atoms with van der Waals surface area (Å²) in [4.78, 5) is 10.4. The number of carboxylic acids is 1. The van der Waals surface area contributed by atoms with Gasteiger partial charge in [0.2, 0.25) is 0 Å². The summed E-state index contributed by atoms with van der Waals surface area (Å²) in [6.07, 6.45) is 5.31. The first-order valence-corrected chi connectivity index (χ1v) is 6.24. The van der Waals surface area contributed by atoms with E-state index >= 15 is 0 Å². The highest BCUT2D eigenvalue weighted by atomic mass is 35.5. The van der Waals surface area contributed by atoms with Crippen LogP contribution in [0.2, 0.25) is 0 Å². The van der Waals surface area contributed by atoms with Crippen molar-refractivity contribution < 1.29 is 9.90 Å². The number of halogens is 1. The average molecular weight is 223 g/mol. The van der Waals surface area contributed by atoms with Crippen molar-refractivity contribution >= 4 is 29.3 Å². The minimum atomic E-state index is -0.902. The predicted octanol–water partition coefficient (Wildman–Crippen LogP) is 2.60. The minimum Gasteiger partial charge on any atom is -0.480 e. The first-order chi connectivity index (χ1) is 6.20. The van der Waals surface area contributed by atoms with Crippen LogP contribution in [0.3, 0.4) is 0 Å². The second-order valence-electron chi connectivity index (χ2n) is 3.49. The van der Waals surface area contributed by atoms with Crippen LogP contribution >= 0.6 is 23.4 Å². The maximum Gasteiger partial charge on any atom is 0.322 e. The van der Waals surface area contributed by atoms with Gasteiger partial charge in [-0.3, -0.25) is 4.79 Å². The Morgan fingerprint density at radius 3 is 2.69 bits per heavy atom. The zero-order valence-corrected chi connectivity index (χ0v) is 9.11. The Kier molecular flexibility index (Phi) is 4.96. The van der Waals surface area contributed by atoms with E-state index in [1.807, 2.05) is 0 Å². The van der Waals surface area contributed by atoms with Crippen LogP contribution in [-0.2, 0) is 4.79 Å². The average Bonchev–Trinajstić information content (AvgIpc) is 2.56. The molecular weight excluding hydrogens is 208 g/mol. The second kappa shape index (κ2) is 5.76. The van der Waals surface area contributed by atoms with Crippen LogP contribution in [-0.4, -0.2) is 28.0 Å². The van der Waals surface area contributed by atoms with Crippen molar-refractivity contribution in [2.24, 2.45) is 5.92 Å². The SMILES string of the molecule is O=C(O)C(Cl)CSCC1CCCC1. The van der Waals surface area contributed by atoms with E-state index in [1.54, 1.807) is 11.8 Å². The molecule has 1 fully saturated rings. The van der Waals surface area contributed by atoms with Gasteiger partial charge in [0, 0.05) is 5.75 Å². The van der Waals surface area contributed by atoms with Crippen LogP contribution in [0.25, 0.3) is 0 Å². The smallest absolute Gasteiger partial charge is 0.322 e. The first-order valence-electron chi connectivity index (χ1n) is 4.64. The standard InChI is InChI=1S/C9H15ClO2S/c10-8(9(11)12)6-13-5-7-3-1-2-4-7/h7-8H,1-6H2,(H,11,12). The lowest BCUT2D eigenvalue weighted by Crippen LogP contribution is -2.16. The number of carboxylic acid groups (broad SMARTS) is 1. The maximum atomic E-state index is 10.4. The van der Waals surface area contributed by atoms with Crippen molar-refractivity contribution in [3.63, 3.8) is 0 Å². The molecule has 13 heavy (non-hydrogen) atoms. The van der Waals surface area contributed by atoms with Crippen LogP contribution in [0.5, 0.6) is 0 Å². The highest BCUT2D eigenvalue weighted by Crippen LogP contribution is 2.28. The van der Waals surface area contributed by atoms with Gasteiger partial charge in [-0.25, -0.2) is 0 Å². The fourth-order valence-electron chi connectivity index (χ4n) is 1.59. The quantitative estimate of drug-likeness (QED) is 0.727. The molecule has 0 radical (unpaired) electrons. The van der Waals surface area contributed by atoms with Crippen LogP contribution in [0.1, 0.15) is 25.7 Å². The van der Waals surface area contributed by atoms with Gasteiger partial charge in [-0.05, 0) is 24.5 Å². The van der Waals surface area contributed by atoms with E-state index in [4.69, 9.17) is 16.7 Å². The summed E-state index contributed by atoms with van der Waals surface area (Å²) in [6.45, 7) is 0. The fraction of sp³-hybridized carbons (Fsp3) is 0.889. The topological polar surface area (TPSA) is 37.3 Å². The molecule has 4 heteroatoms. The summed E-state index contributed by atoms with van der Waals surface area (Å²) < 4.78 is 0. The molecule has 2 nitrogen and oxygen atoms in total. The number of alkyl halides is 1. The van der Waals surface area contributed by atoms with Gasteiger partial charge in [0.15, 0.2) is 0 Å². The molecule has 1 N–H and O–H groups in total. The molecule has 0 aromatic carbocycles. The fourth-order valence-corrected chi connectivity index (χ4v) is 3.01. The largest absolute Gasteiger partial charge is 0.480 e. The van der Waals surface area contributed by atoms with E-state index in [1.165, 1.54) is 25.7 Å². The normalized spacial score (nSPS) is 20.4. The molecule has 0 aliphatic heterocycles. The van der Waals surface area contributed by atoms with Crippen molar-refractivity contribution in [3.05, 3.63) is 0 Å². The van der Waals surface area contributed by atoms with Gasteiger partial charge in [0.05, 0.1) is 0 Å². The molecule has 0 bridgehead atoms. The summed E-state index contributed by atoms with van der Waals surface area (Å²) in [7, 11) is 0.